The summed E-state index contributed by atoms with van der Waals surface area (Å²) in [4.78, 5) is 12.4. The van der Waals surface area contributed by atoms with Gasteiger partial charge >= 0.3 is 22.3 Å². The second-order valence-corrected chi connectivity index (χ2v) is 32.3. The van der Waals surface area contributed by atoms with Crippen LogP contribution in [0.25, 0.3) is 0 Å². The number of anilines is 6. The van der Waals surface area contributed by atoms with Crippen LogP contribution >= 0.6 is 23.2 Å². The Morgan fingerprint density at radius 3 is 1.06 bits per heavy atom. The van der Waals surface area contributed by atoms with E-state index in [4.69, 9.17) is 54.4 Å². The van der Waals surface area contributed by atoms with Gasteiger partial charge in [-0.3, -0.25) is 0 Å². The largest absolute Gasteiger partial charge is 0.508 e. The quantitative estimate of drug-likeness (QED) is 0.0248. The van der Waals surface area contributed by atoms with Gasteiger partial charge in [0.15, 0.2) is 11.5 Å². The molecule has 0 amide bonds. The van der Waals surface area contributed by atoms with Gasteiger partial charge in [0, 0.05) is 67.9 Å². The van der Waals surface area contributed by atoms with E-state index in [2.05, 4.69) is 113 Å². The number of carbonyl (C=O) groups is 1. The van der Waals surface area contributed by atoms with E-state index in [9.17, 15) is 43.9 Å². The number of carboxylic acids is 1. The molecule has 768 valence electrons. The summed E-state index contributed by atoms with van der Waals surface area (Å²) in [5.74, 6) is 0.720. The minimum atomic E-state index is -4.21. The average Bonchev–Trinajstić information content (AvgIpc) is 1.70. The third-order valence-electron chi connectivity index (χ3n) is 16.9. The molecule has 1 aliphatic heterocycles. The maximum absolute atomic E-state index is 13.1. The number of phenolic OH excluding ortho intramolecular Hbond substituents is 1. The van der Waals surface area contributed by atoms with E-state index in [1.807, 2.05) is 130 Å². The molecule has 0 saturated heterocycles. The summed E-state index contributed by atoms with van der Waals surface area (Å²) in [6.07, 6.45) is 2.65. The Morgan fingerprint density at radius 1 is 0.413 bits per heavy atom. The fourth-order valence-electron chi connectivity index (χ4n) is 9.38. The van der Waals surface area contributed by atoms with Crippen molar-refractivity contribution in [2.75, 3.05) is 79.1 Å². The van der Waals surface area contributed by atoms with E-state index in [1.54, 1.807) is 137 Å². The molecular weight excluding hydrogens is 1820 g/mol. The molecule has 0 fully saturated rings. The van der Waals surface area contributed by atoms with E-state index < -0.39 is 27.8 Å². The van der Waals surface area contributed by atoms with Crippen LogP contribution in [-0.4, -0.2) is 71.4 Å². The molecule has 0 aliphatic carbocycles. The van der Waals surface area contributed by atoms with Gasteiger partial charge in [0.1, 0.15) is 39.3 Å². The molecule has 0 radical (unpaired) electrons. The first kappa shape index (κ1) is 146. The maximum Gasteiger partial charge on any atom is 0.416 e. The number of nitrogens with zero attached hydrogens (tertiary/aromatic N) is 1. The van der Waals surface area contributed by atoms with Gasteiger partial charge in [0.2, 0.25) is 6.79 Å². The third-order valence-corrected chi connectivity index (χ3v) is 17.7. The van der Waals surface area contributed by atoms with Crippen molar-refractivity contribution in [1.82, 2.24) is 0 Å². The molecule has 0 spiro atoms. The van der Waals surface area contributed by atoms with Crippen molar-refractivity contribution >= 4 is 73.4 Å². The first-order valence-electron chi connectivity index (χ1n) is 40.1. The second-order valence-electron chi connectivity index (χ2n) is 29.8. The summed E-state index contributed by atoms with van der Waals surface area (Å²) in [6, 6.07) is 77.5. The number of nitrogens with one attached hydrogen (secondary N) is 3. The molecule has 9 N–H and O–H groups in total. The van der Waals surface area contributed by atoms with Gasteiger partial charge < -0.3 is 56.2 Å². The molecule has 12 aromatic rings. The molecule has 0 saturated carbocycles. The second kappa shape index (κ2) is 78.4. The number of carboxylic acid groups (broad SMARTS) is 1. The molecule has 0 atom stereocenters. The maximum atomic E-state index is 13.1. The molecule has 0 aromatic heterocycles. The summed E-state index contributed by atoms with van der Waals surface area (Å²) in [5.41, 5.74) is 30.6. The minimum Gasteiger partial charge on any atom is -0.508 e. The van der Waals surface area contributed by atoms with Crippen molar-refractivity contribution in [3.05, 3.63) is 402 Å². The number of aromatic carboxylic acids is 1. The van der Waals surface area contributed by atoms with Crippen LogP contribution in [0.3, 0.4) is 0 Å². The Labute approximate surface area is 838 Å². The lowest BCUT2D eigenvalue weighted by Gasteiger charge is -2.11. The van der Waals surface area contributed by atoms with E-state index in [0.717, 1.165) is 76.6 Å². The number of alkyl halides is 3. The molecule has 1 heterocycles. The summed E-state index contributed by atoms with van der Waals surface area (Å²) in [7, 11) is 0.703. The number of allylic oxidation sites excluding steroid dienone is 2. The molecule has 138 heavy (non-hydrogen) atoms. The molecule has 14 nitrogen and oxygen atoms in total. The predicted octanol–water partition coefficient (Wildman–Crippen LogP) is 34.7. The first-order valence-corrected chi connectivity index (χ1v) is 42.6. The number of ether oxygens (including phenoxy) is 2. The Hall–Kier alpha value is -12.6. The van der Waals surface area contributed by atoms with Crippen molar-refractivity contribution in [2.45, 2.75) is 199 Å². The van der Waals surface area contributed by atoms with E-state index in [1.165, 1.54) is 92.8 Å². The van der Waals surface area contributed by atoms with E-state index >= 15 is 0 Å². The van der Waals surface area contributed by atoms with E-state index in [0.29, 0.717) is 58.5 Å². The molecule has 13 rings (SSSR count). The number of halogens is 9. The third kappa shape index (κ3) is 70.1. The highest BCUT2D eigenvalue weighted by atomic mass is 35.5. The summed E-state index contributed by atoms with van der Waals surface area (Å²) in [5, 5.41) is 26.6. The number of rotatable bonds is 13. The summed E-state index contributed by atoms with van der Waals surface area (Å²) >= 11 is 10.8. The number of aryl methyl sites for hydroxylation is 12. The topological polar surface area (TPSA) is 211 Å². The van der Waals surface area contributed by atoms with Crippen molar-refractivity contribution in [3.63, 3.8) is 0 Å². The molecule has 1 aliphatic rings. The number of aromatic hydroxyl groups is 1. The van der Waals surface area contributed by atoms with Crippen molar-refractivity contribution < 1.29 is 67.8 Å². The molecule has 0 bridgehead atoms. The summed E-state index contributed by atoms with van der Waals surface area (Å²) < 4.78 is 123. The standard InChI is InChI=1S/C12H16FN.C12H17N.C10H10Cl2FN.C9H13N.C8H7F3.C8H10O3S.2C8H8O2.C7H8FN.C7H7F.C7H9N.C7H8O.11CH4/c1-9(2)6-7-14-11-5-4-10(3)12(13)8-11;1-10(2)8-9-13-12-6-4-11(3)5-7-12;1-7-2-3-8(6-9(7)13)14-5-4-10(11)12;1-8-4-6-9(7-5-8)10(2)3;1-6-2-4-7(5-3-6)8(9,10)11;1-7-3-5-8(6-4-7)11-12(2,9)10;1-6-2-3-7-8(4-6)10-5-9-7;1-6-2-4-7(5-3-6)8(9)10;1-5-2-3-6(9)4-7(5)8;3*1-6-2-4-7(8)5-3-6;;;;;;;;;;;/h4-6,8,14H,7H2,1-3H3;4-8,13H,9H2,1-3H3;2-4,6,14H,5H2,1H3;4-7H,1-3H3;2-5H,1H3;3-6H,1-2H3;2-4H,5H2,1H3;2-5H,1H3,(H,9,10);2-4H,9H2,1H3;2-5H,1H3;2-5H,8H2,1H3;2-5,8H,1H3;11*1H4. The predicted molar refractivity (Wildman–Crippen MR) is 591 cm³/mol. The van der Waals surface area contributed by atoms with Crippen LogP contribution in [-0.2, 0) is 16.3 Å². The van der Waals surface area contributed by atoms with Gasteiger partial charge in [-0.1, -0.05) is 294 Å². The number of benzene rings is 12. The fourth-order valence-corrected chi connectivity index (χ4v) is 9.99. The van der Waals surface area contributed by atoms with Crippen LogP contribution in [0.4, 0.5) is 64.9 Å². The van der Waals surface area contributed by atoms with Gasteiger partial charge in [-0.05, 0) is 285 Å². The van der Waals surface area contributed by atoms with Gasteiger partial charge in [0.25, 0.3) is 0 Å². The highest BCUT2D eigenvalue weighted by Crippen LogP contribution is 2.32. The van der Waals surface area contributed by atoms with Gasteiger partial charge in [0.05, 0.1) is 17.4 Å². The Bertz CT molecular complexity index is 5150. The zero-order valence-corrected chi connectivity index (χ0v) is 78.0. The summed E-state index contributed by atoms with van der Waals surface area (Å²) in [6.45, 7) is 33.7. The molecule has 24 heteroatoms. The van der Waals surface area contributed by atoms with Crippen LogP contribution in [0.1, 0.15) is 192 Å². The van der Waals surface area contributed by atoms with Crippen LogP contribution < -0.4 is 46.0 Å². The lowest BCUT2D eigenvalue weighted by atomic mass is 10.1. The molecular formula is C114H165Cl2F7N6O8S. The van der Waals surface area contributed by atoms with Crippen LogP contribution in [0.5, 0.6) is 23.0 Å². The van der Waals surface area contributed by atoms with Crippen LogP contribution in [0.15, 0.2) is 301 Å². The number of fused-ring (bicyclic) bond motifs is 1. The highest BCUT2D eigenvalue weighted by Gasteiger charge is 2.29. The number of phenols is 1. The van der Waals surface area contributed by atoms with Gasteiger partial charge in [-0.2, -0.15) is 21.6 Å². The number of hydrogen-bond donors (Lipinski definition) is 7. The zero-order chi connectivity index (χ0) is 95.4. The average molecular weight is 1980 g/mol. The molecule has 12 aromatic carbocycles. The van der Waals surface area contributed by atoms with E-state index in [-0.39, 0.29) is 109 Å². The Morgan fingerprint density at radius 2 is 0.725 bits per heavy atom. The van der Waals surface area contributed by atoms with Crippen molar-refractivity contribution in [3.8, 4) is 23.0 Å². The normalized spacial score (nSPS) is 9.33. The van der Waals surface area contributed by atoms with Crippen LogP contribution in [0.2, 0.25) is 0 Å². The lowest BCUT2D eigenvalue weighted by Crippen LogP contribution is -2.07. The van der Waals surface area contributed by atoms with Crippen molar-refractivity contribution in [1.29, 1.82) is 0 Å². The van der Waals surface area contributed by atoms with Crippen molar-refractivity contribution in [2.24, 2.45) is 0 Å². The monoisotopic (exact) mass is 1980 g/mol. The number of hydrogen-bond acceptors (Lipinski definition) is 13. The van der Waals surface area contributed by atoms with Gasteiger partial charge in [-0.25, -0.2) is 22.4 Å². The number of nitrogen functional groups attached to an aromatic ring is 2. The highest BCUT2D eigenvalue weighted by molar-refractivity contribution is 7.86. The lowest BCUT2D eigenvalue weighted by molar-refractivity contribution is -0.137. The Balaban J connectivity index is -0.000000161. The SMILES string of the molecule is C.C.C.C.C.C.C.C.C.C.C.CC(C)=CCNc1ccc(C)c(F)c1.CC(C)=CCNc1ccc(C)cc1.Cc1ccc(C(=O)O)cc1.Cc1ccc(C(F)(F)F)cc1.Cc1ccc(F)cc1.Cc1ccc(N(C)C)cc1.Cc1ccc(N)cc1.Cc1ccc(N)cc1F.Cc1ccc(NCC=C(Cl)Cl)cc1F.Cc1ccc(O)cc1.Cc1ccc(OS(C)(=O)=O)cc1.Cc1ccc2c(c1)OCO2. The smallest absolute Gasteiger partial charge is 0.416 e. The first-order chi connectivity index (χ1) is 59.7. The van der Waals surface area contributed by atoms with Crippen LogP contribution in [0, 0.1) is 106 Å². The molecule has 0 unspecified atom stereocenters. The van der Waals surface area contributed by atoms with Gasteiger partial charge in [-0.15, -0.1) is 0 Å². The zero-order valence-electron chi connectivity index (χ0n) is 75.7. The fraction of sp³-hybridized carbons (Fsp3) is 0.307. The Kier molecular flexibility index (Phi) is 82.8. The number of nitrogens with two attached hydrogens (primary N) is 2. The minimum absolute atomic E-state index is 0.